The minimum atomic E-state index is -0.556. The molecule has 0 saturated heterocycles. The highest BCUT2D eigenvalue weighted by atomic mass is 16.5. The first-order valence-electron chi connectivity index (χ1n) is 5.96. The predicted octanol–water partition coefficient (Wildman–Crippen LogP) is 1.79. The maximum absolute atomic E-state index is 11.6. The average molecular weight is 268 g/mol. The van der Waals surface area contributed by atoms with Crippen LogP contribution < -0.4 is 5.73 Å². The number of carbonyl (C=O) groups excluding carboxylic acids is 1. The number of carbonyl (C=O) groups is 1. The molecular weight excluding hydrogens is 256 g/mol. The topological polar surface area (TPSA) is 83.0 Å². The molecule has 0 fully saturated rings. The Kier molecular flexibility index (Phi) is 2.83. The predicted molar refractivity (Wildman–Crippen MR) is 74.6 cm³/mol. The van der Waals surface area contributed by atoms with Gasteiger partial charge in [0.05, 0.1) is 12.8 Å². The van der Waals surface area contributed by atoms with Gasteiger partial charge in [-0.25, -0.2) is 9.78 Å². The monoisotopic (exact) mass is 268 g/mol. The number of anilines is 1. The number of nitrogen functional groups attached to an aromatic ring is 1. The molecule has 3 aromatic rings. The molecule has 0 spiro atoms. The van der Waals surface area contributed by atoms with Gasteiger partial charge in [0.1, 0.15) is 12.1 Å². The molecule has 100 valence electrons. The molecule has 0 amide bonds. The number of imidazole rings is 1. The van der Waals surface area contributed by atoms with E-state index >= 15 is 0 Å². The van der Waals surface area contributed by atoms with Gasteiger partial charge in [0.15, 0.2) is 5.69 Å². The minimum Gasteiger partial charge on any atom is -0.464 e. The van der Waals surface area contributed by atoms with Crippen molar-refractivity contribution < 1.29 is 9.53 Å². The van der Waals surface area contributed by atoms with E-state index in [1.165, 1.54) is 13.4 Å². The Morgan fingerprint density at radius 2 is 2.20 bits per heavy atom. The molecule has 0 atom stereocenters. The molecule has 0 saturated carbocycles. The van der Waals surface area contributed by atoms with E-state index < -0.39 is 5.97 Å². The number of benzene rings is 1. The van der Waals surface area contributed by atoms with Crippen molar-refractivity contribution in [3.05, 3.63) is 48.7 Å². The van der Waals surface area contributed by atoms with Gasteiger partial charge < -0.3 is 10.5 Å². The molecule has 6 heteroatoms. The van der Waals surface area contributed by atoms with Crippen molar-refractivity contribution in [1.29, 1.82) is 0 Å². The number of nitrogens with zero attached hydrogens (tertiary/aromatic N) is 3. The van der Waals surface area contributed by atoms with Crippen LogP contribution in [0.3, 0.4) is 0 Å². The van der Waals surface area contributed by atoms with Gasteiger partial charge in [0.25, 0.3) is 0 Å². The zero-order chi connectivity index (χ0) is 14.1. The van der Waals surface area contributed by atoms with Gasteiger partial charge in [0, 0.05) is 17.8 Å². The van der Waals surface area contributed by atoms with Crippen LogP contribution >= 0.6 is 0 Å². The first kappa shape index (κ1) is 12.2. The summed E-state index contributed by atoms with van der Waals surface area (Å²) in [6.07, 6.45) is 4.98. The summed E-state index contributed by atoms with van der Waals surface area (Å²) in [7, 11) is 1.29. The fourth-order valence-corrected chi connectivity index (χ4v) is 2.11. The van der Waals surface area contributed by atoms with E-state index in [1.807, 2.05) is 24.3 Å². The average Bonchev–Trinajstić information content (AvgIpc) is 2.87. The Morgan fingerprint density at radius 1 is 1.35 bits per heavy atom. The zero-order valence-corrected chi connectivity index (χ0v) is 10.8. The van der Waals surface area contributed by atoms with Crippen LogP contribution in [0.15, 0.2) is 43.0 Å². The summed E-state index contributed by atoms with van der Waals surface area (Å²) in [6, 6.07) is 7.69. The van der Waals surface area contributed by atoms with E-state index in [0.717, 1.165) is 16.5 Å². The molecule has 0 unspecified atom stereocenters. The van der Waals surface area contributed by atoms with E-state index in [-0.39, 0.29) is 11.5 Å². The molecule has 2 heterocycles. The summed E-state index contributed by atoms with van der Waals surface area (Å²) < 4.78 is 6.30. The molecule has 0 aliphatic rings. The Morgan fingerprint density at radius 3 is 3.00 bits per heavy atom. The van der Waals surface area contributed by atoms with Crippen LogP contribution in [0.4, 0.5) is 5.82 Å². The van der Waals surface area contributed by atoms with Crippen molar-refractivity contribution in [2.75, 3.05) is 12.8 Å². The van der Waals surface area contributed by atoms with Crippen LogP contribution in [0, 0.1) is 0 Å². The number of rotatable bonds is 2. The molecule has 6 nitrogen and oxygen atoms in total. The first-order chi connectivity index (χ1) is 9.72. The number of methoxy groups -OCH3 is 1. The third kappa shape index (κ3) is 1.78. The highest BCUT2D eigenvalue weighted by Crippen LogP contribution is 2.24. The van der Waals surface area contributed by atoms with Crippen molar-refractivity contribution in [1.82, 2.24) is 14.5 Å². The summed E-state index contributed by atoms with van der Waals surface area (Å²) in [6.45, 7) is 0. The van der Waals surface area contributed by atoms with Crippen molar-refractivity contribution in [3.63, 3.8) is 0 Å². The van der Waals surface area contributed by atoms with Gasteiger partial charge in [-0.3, -0.25) is 9.55 Å². The number of hydrogen-bond donors (Lipinski definition) is 1. The summed E-state index contributed by atoms with van der Waals surface area (Å²) in [5.41, 5.74) is 6.90. The van der Waals surface area contributed by atoms with Crippen LogP contribution in [0.25, 0.3) is 16.5 Å². The molecule has 0 bridgehead atoms. The summed E-state index contributed by atoms with van der Waals surface area (Å²) in [5, 5.41) is 1.96. The van der Waals surface area contributed by atoms with E-state index in [4.69, 9.17) is 5.73 Å². The number of esters is 1. The highest BCUT2D eigenvalue weighted by molar-refractivity contribution is 5.94. The van der Waals surface area contributed by atoms with E-state index in [0.29, 0.717) is 0 Å². The Bertz CT molecular complexity index is 789. The van der Waals surface area contributed by atoms with Crippen molar-refractivity contribution in [3.8, 4) is 5.69 Å². The molecule has 0 aliphatic heterocycles. The molecule has 0 aliphatic carbocycles. The lowest BCUT2D eigenvalue weighted by atomic mass is 10.1. The third-order valence-corrected chi connectivity index (χ3v) is 3.10. The smallest absolute Gasteiger partial charge is 0.360 e. The Hall–Kier alpha value is -2.89. The number of fused-ring (bicyclic) bond motifs is 1. The number of hydrogen-bond acceptors (Lipinski definition) is 5. The van der Waals surface area contributed by atoms with Crippen LogP contribution in [0.1, 0.15) is 10.5 Å². The lowest BCUT2D eigenvalue weighted by molar-refractivity contribution is 0.0596. The second-order valence-electron chi connectivity index (χ2n) is 4.21. The first-order valence-corrected chi connectivity index (χ1v) is 5.96. The molecule has 3 rings (SSSR count). The van der Waals surface area contributed by atoms with Gasteiger partial charge in [-0.1, -0.05) is 12.1 Å². The third-order valence-electron chi connectivity index (χ3n) is 3.10. The summed E-state index contributed by atoms with van der Waals surface area (Å²) in [4.78, 5) is 19.7. The second-order valence-corrected chi connectivity index (χ2v) is 4.21. The van der Waals surface area contributed by atoms with Gasteiger partial charge in [-0.05, 0) is 17.5 Å². The zero-order valence-electron chi connectivity index (χ0n) is 10.8. The van der Waals surface area contributed by atoms with Crippen LogP contribution in [-0.4, -0.2) is 27.6 Å². The maximum atomic E-state index is 11.6. The molecule has 2 N–H and O–H groups in total. The number of nitrogens with two attached hydrogens (primary N) is 1. The lowest BCUT2D eigenvalue weighted by Gasteiger charge is -2.08. The largest absolute Gasteiger partial charge is 0.464 e. The standard InChI is InChI=1S/C14H12N4O2/c1-20-14(19)12-13(15)18(8-17-12)11-4-2-3-9-5-6-16-7-10(9)11/h2-8H,15H2,1H3. The fraction of sp³-hybridized carbons (Fsp3) is 0.0714. The number of aromatic nitrogens is 3. The molecule has 0 radical (unpaired) electrons. The summed E-state index contributed by atoms with van der Waals surface area (Å²) >= 11 is 0. The van der Waals surface area contributed by atoms with Gasteiger partial charge in [-0.15, -0.1) is 0 Å². The van der Waals surface area contributed by atoms with E-state index in [1.54, 1.807) is 17.0 Å². The van der Waals surface area contributed by atoms with Crippen molar-refractivity contribution >= 4 is 22.6 Å². The van der Waals surface area contributed by atoms with Gasteiger partial charge in [-0.2, -0.15) is 0 Å². The van der Waals surface area contributed by atoms with E-state index in [9.17, 15) is 4.79 Å². The molecule has 2 aromatic heterocycles. The second kappa shape index (κ2) is 4.65. The maximum Gasteiger partial charge on any atom is 0.360 e. The minimum absolute atomic E-state index is 0.105. The number of ether oxygens (including phenoxy) is 1. The molecule has 1 aromatic carbocycles. The highest BCUT2D eigenvalue weighted by Gasteiger charge is 2.17. The van der Waals surface area contributed by atoms with E-state index in [2.05, 4.69) is 14.7 Å². The van der Waals surface area contributed by atoms with Crippen molar-refractivity contribution in [2.45, 2.75) is 0 Å². The lowest BCUT2D eigenvalue weighted by Crippen LogP contribution is -2.07. The molecule has 20 heavy (non-hydrogen) atoms. The van der Waals surface area contributed by atoms with Gasteiger partial charge in [0.2, 0.25) is 0 Å². The quantitative estimate of drug-likeness (QED) is 0.716. The Balaban J connectivity index is 2.22. The molecular formula is C14H12N4O2. The Labute approximate surface area is 114 Å². The van der Waals surface area contributed by atoms with Crippen LogP contribution in [0.5, 0.6) is 0 Å². The summed E-state index contributed by atoms with van der Waals surface area (Å²) in [5.74, 6) is -0.312. The normalized spacial score (nSPS) is 10.7. The van der Waals surface area contributed by atoms with Crippen molar-refractivity contribution in [2.24, 2.45) is 0 Å². The number of pyridine rings is 1. The van der Waals surface area contributed by atoms with Crippen LogP contribution in [-0.2, 0) is 4.74 Å². The van der Waals surface area contributed by atoms with Gasteiger partial charge >= 0.3 is 5.97 Å². The SMILES string of the molecule is COC(=O)c1ncn(-c2cccc3ccncc23)c1N. The fourth-order valence-electron chi connectivity index (χ4n) is 2.11. The van der Waals surface area contributed by atoms with Crippen LogP contribution in [0.2, 0.25) is 0 Å².